The van der Waals surface area contributed by atoms with Gasteiger partial charge in [-0.15, -0.1) is 0 Å². The highest BCUT2D eigenvalue weighted by Gasteiger charge is 2.12. The van der Waals surface area contributed by atoms with Crippen molar-refractivity contribution in [2.45, 2.75) is 38.5 Å². The zero-order chi connectivity index (χ0) is 7.94. The molecule has 0 radical (unpaired) electrons. The van der Waals surface area contributed by atoms with Crippen LogP contribution in [0.2, 0.25) is 0 Å². The molecule has 0 aromatic rings. The summed E-state index contributed by atoms with van der Waals surface area (Å²) in [7, 11) is 0. The molecule has 0 aliphatic heterocycles. The summed E-state index contributed by atoms with van der Waals surface area (Å²) >= 11 is 2.29. The Labute approximate surface area is 84.0 Å². The second kappa shape index (κ2) is 6.62. The molecule has 1 unspecified atom stereocenters. The van der Waals surface area contributed by atoms with Crippen LogP contribution in [0.5, 0.6) is 0 Å². The fourth-order valence-corrected chi connectivity index (χ4v) is 2.60. The Kier molecular flexibility index (Phi) is 6.14. The molecule has 1 fully saturated rings. The van der Waals surface area contributed by atoms with Crippen LogP contribution in [0.1, 0.15) is 38.5 Å². The number of hydrogen-bond donors (Lipinski definition) is 0. The Balaban J connectivity index is 1.96. The Morgan fingerprint density at radius 3 is 2.64 bits per heavy atom. The molecule has 0 spiro atoms. The first-order valence-corrected chi connectivity index (χ1v) is 8.43. The minimum absolute atomic E-state index is 0.649. The van der Waals surface area contributed by atoms with Gasteiger partial charge in [-0.25, -0.2) is 0 Å². The van der Waals surface area contributed by atoms with E-state index in [1.165, 1.54) is 38.5 Å². The van der Waals surface area contributed by atoms with Crippen molar-refractivity contribution in [1.82, 2.24) is 0 Å². The molecule has 0 heterocycles. The third-order valence-electron chi connectivity index (χ3n) is 2.41. The van der Waals surface area contributed by atoms with Gasteiger partial charge in [0.15, 0.2) is 0 Å². The largest absolute Gasteiger partial charge is 0.352 e. The van der Waals surface area contributed by atoms with Gasteiger partial charge in [0, 0.05) is 0 Å². The highest BCUT2D eigenvalue weighted by Crippen LogP contribution is 2.28. The lowest BCUT2D eigenvalue weighted by molar-refractivity contribution is 0.269. The number of rotatable bonds is 4. The van der Waals surface area contributed by atoms with E-state index >= 15 is 0 Å². The molecular formula is C8H16IOP. The molecule has 1 aliphatic rings. The molecule has 1 aliphatic carbocycles. The van der Waals surface area contributed by atoms with Crippen molar-refractivity contribution in [3.63, 3.8) is 0 Å². The molecule has 0 N–H and O–H groups in total. The van der Waals surface area contributed by atoms with Crippen LogP contribution in [0.15, 0.2) is 0 Å². The Hall–Kier alpha value is 1.12. The van der Waals surface area contributed by atoms with Crippen LogP contribution in [0.3, 0.4) is 0 Å². The molecule has 66 valence electrons. The first-order valence-electron chi connectivity index (χ1n) is 4.41. The van der Waals surface area contributed by atoms with Crippen LogP contribution in [0.4, 0.5) is 0 Å². The van der Waals surface area contributed by atoms with E-state index < -0.39 is 0 Å². The normalized spacial score (nSPS) is 21.5. The summed E-state index contributed by atoms with van der Waals surface area (Å²) in [4.78, 5) is 0. The Morgan fingerprint density at radius 1 is 1.27 bits per heavy atom. The summed E-state index contributed by atoms with van der Waals surface area (Å²) in [5.74, 6) is 0.983. The first kappa shape index (κ1) is 10.2. The molecule has 0 bridgehead atoms. The summed E-state index contributed by atoms with van der Waals surface area (Å²) in [5.41, 5.74) is 0. The van der Waals surface area contributed by atoms with Gasteiger partial charge in [0.1, 0.15) is 0 Å². The molecule has 1 saturated carbocycles. The Morgan fingerprint density at radius 2 is 2.00 bits per heavy atom. The summed E-state index contributed by atoms with van der Waals surface area (Å²) < 4.78 is 5.35. The first-order chi connectivity index (χ1) is 5.43. The maximum absolute atomic E-state index is 5.35. The van der Waals surface area contributed by atoms with Gasteiger partial charge < -0.3 is 4.52 Å². The van der Waals surface area contributed by atoms with Crippen molar-refractivity contribution >= 4 is 28.5 Å². The van der Waals surface area contributed by atoms with Crippen LogP contribution in [-0.2, 0) is 4.52 Å². The summed E-state index contributed by atoms with van der Waals surface area (Å²) in [6, 6.07) is 0. The van der Waals surface area contributed by atoms with Crippen molar-refractivity contribution in [1.29, 1.82) is 0 Å². The topological polar surface area (TPSA) is 9.23 Å². The predicted octanol–water partition coefficient (Wildman–Crippen LogP) is 3.92. The van der Waals surface area contributed by atoms with Crippen LogP contribution in [-0.4, -0.2) is 6.61 Å². The summed E-state index contributed by atoms with van der Waals surface area (Å²) in [6.45, 7) is 1.64. The van der Waals surface area contributed by atoms with Crippen molar-refractivity contribution in [2.75, 3.05) is 6.61 Å². The van der Waals surface area contributed by atoms with Gasteiger partial charge in [0.25, 0.3) is 0 Å². The fourth-order valence-electron chi connectivity index (χ4n) is 1.74. The molecule has 3 heteroatoms. The molecule has 1 atom stereocenters. The number of hydrogen-bond acceptors (Lipinski definition) is 1. The SMILES string of the molecule is IPOCCC1CCCCC1. The number of halogens is 1. The minimum atomic E-state index is 0.649. The lowest BCUT2D eigenvalue weighted by atomic mass is 9.87. The van der Waals surface area contributed by atoms with E-state index in [-0.39, 0.29) is 0 Å². The standard InChI is InChI=1S/C8H16IOP/c9-11-10-7-6-8-4-2-1-3-5-8/h8,11H,1-7H2. The highest BCUT2D eigenvalue weighted by atomic mass is 127. The lowest BCUT2D eigenvalue weighted by Gasteiger charge is -2.20. The molecule has 1 nitrogen and oxygen atoms in total. The van der Waals surface area contributed by atoms with Gasteiger partial charge in [0.2, 0.25) is 0 Å². The van der Waals surface area contributed by atoms with Gasteiger partial charge in [-0.1, -0.05) is 32.1 Å². The Bertz CT molecular complexity index is 94.1. The van der Waals surface area contributed by atoms with E-state index in [4.69, 9.17) is 4.52 Å². The van der Waals surface area contributed by atoms with Crippen molar-refractivity contribution in [2.24, 2.45) is 5.92 Å². The fraction of sp³-hybridized carbons (Fsp3) is 1.00. The highest BCUT2D eigenvalue weighted by molar-refractivity contribution is 14.2. The van der Waals surface area contributed by atoms with Gasteiger partial charge in [-0.05, 0) is 34.4 Å². The van der Waals surface area contributed by atoms with E-state index in [0.717, 1.165) is 12.5 Å². The maximum Gasteiger partial charge on any atom is 0.0793 e. The van der Waals surface area contributed by atoms with Gasteiger partial charge in [-0.3, -0.25) is 0 Å². The zero-order valence-electron chi connectivity index (χ0n) is 6.81. The smallest absolute Gasteiger partial charge is 0.0793 e. The maximum atomic E-state index is 5.35. The molecule has 0 aromatic heterocycles. The summed E-state index contributed by atoms with van der Waals surface area (Å²) in [6.07, 6.45) is 8.58. The van der Waals surface area contributed by atoms with Crippen molar-refractivity contribution in [3.05, 3.63) is 0 Å². The third kappa shape index (κ3) is 4.64. The molecule has 0 saturated heterocycles. The van der Waals surface area contributed by atoms with E-state index in [1.54, 1.807) is 0 Å². The monoisotopic (exact) mass is 286 g/mol. The predicted molar refractivity (Wildman–Crippen MR) is 59.5 cm³/mol. The van der Waals surface area contributed by atoms with E-state index in [2.05, 4.69) is 22.0 Å². The molecule has 0 amide bonds. The molecule has 11 heavy (non-hydrogen) atoms. The van der Waals surface area contributed by atoms with E-state index in [9.17, 15) is 0 Å². The second-order valence-electron chi connectivity index (χ2n) is 3.22. The summed E-state index contributed by atoms with van der Waals surface area (Å²) in [5, 5.41) is 0. The van der Waals surface area contributed by atoms with Crippen LogP contribution < -0.4 is 0 Å². The van der Waals surface area contributed by atoms with E-state index in [0.29, 0.717) is 6.45 Å². The van der Waals surface area contributed by atoms with Crippen molar-refractivity contribution in [3.8, 4) is 0 Å². The molecule has 1 rings (SSSR count). The molecule has 0 aromatic carbocycles. The van der Waals surface area contributed by atoms with Crippen LogP contribution >= 0.6 is 28.5 Å². The average molecular weight is 286 g/mol. The lowest BCUT2D eigenvalue weighted by Crippen LogP contribution is -2.07. The minimum Gasteiger partial charge on any atom is -0.352 e. The van der Waals surface area contributed by atoms with Crippen LogP contribution in [0, 0.1) is 5.92 Å². The average Bonchev–Trinajstić information content (AvgIpc) is 2.07. The van der Waals surface area contributed by atoms with Gasteiger partial charge in [0.05, 0.1) is 13.1 Å². The van der Waals surface area contributed by atoms with Gasteiger partial charge >= 0.3 is 0 Å². The van der Waals surface area contributed by atoms with E-state index in [1.807, 2.05) is 0 Å². The van der Waals surface area contributed by atoms with Crippen molar-refractivity contribution < 1.29 is 4.52 Å². The van der Waals surface area contributed by atoms with Gasteiger partial charge in [-0.2, -0.15) is 0 Å². The molecular weight excluding hydrogens is 270 g/mol. The van der Waals surface area contributed by atoms with Crippen LogP contribution in [0.25, 0.3) is 0 Å². The quantitative estimate of drug-likeness (QED) is 0.432. The third-order valence-corrected chi connectivity index (χ3v) is 3.65. The zero-order valence-corrected chi connectivity index (χ0v) is 9.97. The second-order valence-corrected chi connectivity index (χ2v) is 4.98.